The lowest BCUT2D eigenvalue weighted by Crippen LogP contribution is -2.61. The monoisotopic (exact) mass is 479 g/mol. The highest BCUT2D eigenvalue weighted by Crippen LogP contribution is 2.63. The van der Waals surface area contributed by atoms with Crippen molar-refractivity contribution in [3.63, 3.8) is 0 Å². The Bertz CT molecular complexity index is 1020. The largest absolute Gasteiger partial charge is 0.445 e. The first-order chi connectivity index (χ1) is 16.8. The third-order valence-electron chi connectivity index (χ3n) is 8.86. The lowest BCUT2D eigenvalue weighted by atomic mass is 9.59. The van der Waals surface area contributed by atoms with Crippen LogP contribution in [0.25, 0.3) is 0 Å². The van der Waals surface area contributed by atoms with E-state index in [9.17, 15) is 14.7 Å². The van der Waals surface area contributed by atoms with Crippen LogP contribution in [0.4, 0.5) is 0 Å². The first kappa shape index (κ1) is 24.3. The van der Waals surface area contributed by atoms with Crippen LogP contribution in [-0.2, 0) is 25.5 Å². The number of hydrogen-bond donors (Lipinski definition) is 2. The van der Waals surface area contributed by atoms with Crippen LogP contribution in [0.2, 0.25) is 0 Å². The topological polar surface area (TPSA) is 88.2 Å². The van der Waals surface area contributed by atoms with Gasteiger partial charge >= 0.3 is 5.97 Å². The Hall–Kier alpha value is -2.44. The summed E-state index contributed by atoms with van der Waals surface area (Å²) in [5.41, 5.74) is -0.551. The number of esters is 1. The molecule has 9 atom stereocenters. The zero-order valence-corrected chi connectivity index (χ0v) is 20.9. The molecule has 5 rings (SSSR count). The van der Waals surface area contributed by atoms with E-state index < -0.39 is 17.7 Å². The standard InChI is InChI=1S/C29H37NO5/c1-18-9-7-13-22-26-28(3,35-26)19(2)25-23(17-20-10-5-4-6-11-20)30-27(33)29(22,25)34-24(32)14-8-12-21(31)16-15-18/h4-8,10-11,13-14,18-19,21-23,25-26,31H,9,12,15-17H2,1-3H3,(H,30,33)/b13-7-,14-8-/t18-,19-,21-,22-,23-,25-,26-,28+,29+/m0/s1. The maximum Gasteiger partial charge on any atom is 0.331 e. The van der Waals surface area contributed by atoms with Gasteiger partial charge in [0.05, 0.1) is 23.7 Å². The molecule has 2 N–H and O–H groups in total. The molecule has 3 aliphatic heterocycles. The molecule has 1 aliphatic carbocycles. The van der Waals surface area contributed by atoms with Gasteiger partial charge in [-0.25, -0.2) is 4.79 Å². The molecule has 3 fully saturated rings. The molecule has 1 spiro atoms. The van der Waals surface area contributed by atoms with Crippen molar-refractivity contribution in [3.05, 3.63) is 60.2 Å². The second kappa shape index (κ2) is 9.21. The van der Waals surface area contributed by atoms with Gasteiger partial charge in [-0.2, -0.15) is 0 Å². The summed E-state index contributed by atoms with van der Waals surface area (Å²) in [6.45, 7) is 6.42. The summed E-state index contributed by atoms with van der Waals surface area (Å²) < 4.78 is 12.5. The van der Waals surface area contributed by atoms with Crippen LogP contribution in [0, 0.1) is 23.7 Å². The van der Waals surface area contributed by atoms with Gasteiger partial charge in [-0.3, -0.25) is 4.79 Å². The van der Waals surface area contributed by atoms with Crippen molar-refractivity contribution >= 4 is 11.9 Å². The maximum absolute atomic E-state index is 13.8. The lowest BCUT2D eigenvalue weighted by molar-refractivity contribution is -0.177. The number of aliphatic hydroxyl groups is 1. The number of carbonyl (C=O) groups is 2. The second-order valence-corrected chi connectivity index (χ2v) is 11.2. The zero-order chi connectivity index (χ0) is 24.8. The molecule has 188 valence electrons. The summed E-state index contributed by atoms with van der Waals surface area (Å²) in [5, 5.41) is 13.5. The SMILES string of the molecule is C[C@H]1C/C=C\[C@H]2[C@@H]3O[C@]3(C)[C@@H](C)[C@H]3[C@H](Cc4ccccc4)NC(=O)[C@]32OC(=O)/C=C\C[C@H](O)CC1. The van der Waals surface area contributed by atoms with Gasteiger partial charge in [0.2, 0.25) is 5.60 Å². The van der Waals surface area contributed by atoms with Gasteiger partial charge in [0.1, 0.15) is 0 Å². The lowest BCUT2D eigenvalue weighted by Gasteiger charge is -2.45. The summed E-state index contributed by atoms with van der Waals surface area (Å²) in [5.74, 6) is -0.947. The van der Waals surface area contributed by atoms with Gasteiger partial charge in [0.15, 0.2) is 0 Å². The number of benzene rings is 1. The Morgan fingerprint density at radius 1 is 1.09 bits per heavy atom. The number of epoxide rings is 1. The molecule has 6 nitrogen and oxygen atoms in total. The van der Waals surface area contributed by atoms with Crippen molar-refractivity contribution in [2.45, 2.75) is 82.3 Å². The number of allylic oxidation sites excluding steroid dienone is 1. The van der Waals surface area contributed by atoms with Crippen LogP contribution in [0.1, 0.15) is 52.0 Å². The fourth-order valence-electron chi connectivity index (χ4n) is 6.70. The van der Waals surface area contributed by atoms with E-state index in [4.69, 9.17) is 9.47 Å². The van der Waals surface area contributed by atoms with E-state index in [0.29, 0.717) is 25.2 Å². The van der Waals surface area contributed by atoms with Gasteiger partial charge in [-0.15, -0.1) is 0 Å². The summed E-state index contributed by atoms with van der Waals surface area (Å²) in [4.78, 5) is 26.9. The maximum atomic E-state index is 13.8. The first-order valence-corrected chi connectivity index (χ1v) is 13.0. The summed E-state index contributed by atoms with van der Waals surface area (Å²) >= 11 is 0. The van der Waals surface area contributed by atoms with Gasteiger partial charge in [0.25, 0.3) is 5.91 Å². The number of amides is 1. The van der Waals surface area contributed by atoms with E-state index in [0.717, 1.165) is 18.4 Å². The summed E-state index contributed by atoms with van der Waals surface area (Å²) in [6.07, 6.45) is 10.0. The van der Waals surface area contributed by atoms with Crippen molar-refractivity contribution < 1.29 is 24.2 Å². The molecule has 2 saturated heterocycles. The van der Waals surface area contributed by atoms with Crippen LogP contribution in [-0.4, -0.2) is 46.4 Å². The van der Waals surface area contributed by atoms with E-state index in [1.807, 2.05) is 18.2 Å². The Balaban J connectivity index is 1.55. The van der Waals surface area contributed by atoms with Crippen LogP contribution < -0.4 is 5.32 Å². The number of carbonyl (C=O) groups excluding carboxylic acids is 2. The minimum atomic E-state index is -1.33. The average Bonchev–Trinajstić information content (AvgIpc) is 3.44. The van der Waals surface area contributed by atoms with E-state index in [1.165, 1.54) is 6.08 Å². The number of nitrogens with one attached hydrogen (secondary N) is 1. The average molecular weight is 480 g/mol. The molecule has 4 aliphatic rings. The molecular formula is C29H37NO5. The Morgan fingerprint density at radius 3 is 2.63 bits per heavy atom. The molecule has 0 radical (unpaired) electrons. The Labute approximate surface area is 207 Å². The Morgan fingerprint density at radius 2 is 1.86 bits per heavy atom. The molecule has 1 amide bonds. The van der Waals surface area contributed by atoms with Crippen LogP contribution >= 0.6 is 0 Å². The second-order valence-electron chi connectivity index (χ2n) is 11.2. The number of ether oxygens (including phenoxy) is 2. The number of aliphatic hydroxyl groups excluding tert-OH is 1. The van der Waals surface area contributed by atoms with Gasteiger partial charge in [0, 0.05) is 18.0 Å². The predicted octanol–water partition coefficient (Wildman–Crippen LogP) is 3.73. The van der Waals surface area contributed by atoms with Crippen molar-refractivity contribution in [2.24, 2.45) is 23.7 Å². The molecule has 1 aromatic carbocycles. The van der Waals surface area contributed by atoms with E-state index >= 15 is 0 Å². The minimum absolute atomic E-state index is 0.0150. The third-order valence-corrected chi connectivity index (χ3v) is 8.86. The number of hydrogen-bond acceptors (Lipinski definition) is 5. The van der Waals surface area contributed by atoms with Crippen LogP contribution in [0.15, 0.2) is 54.6 Å². The summed E-state index contributed by atoms with van der Waals surface area (Å²) in [7, 11) is 0. The van der Waals surface area contributed by atoms with Crippen LogP contribution in [0.5, 0.6) is 0 Å². The molecule has 6 heteroatoms. The van der Waals surface area contributed by atoms with Gasteiger partial charge in [-0.1, -0.05) is 62.4 Å². The molecule has 0 unspecified atom stereocenters. The van der Waals surface area contributed by atoms with Crippen LogP contribution in [0.3, 0.4) is 0 Å². The van der Waals surface area contributed by atoms with Gasteiger partial charge in [-0.05, 0) is 56.4 Å². The predicted molar refractivity (Wildman–Crippen MR) is 132 cm³/mol. The summed E-state index contributed by atoms with van der Waals surface area (Å²) in [6, 6.07) is 9.94. The Kier molecular flexibility index (Phi) is 6.39. The van der Waals surface area contributed by atoms with Crippen molar-refractivity contribution in [3.8, 4) is 0 Å². The minimum Gasteiger partial charge on any atom is -0.445 e. The van der Waals surface area contributed by atoms with E-state index in [1.54, 1.807) is 6.08 Å². The molecule has 0 bridgehead atoms. The fraction of sp³-hybridized carbons (Fsp3) is 0.586. The molecule has 0 aromatic heterocycles. The smallest absolute Gasteiger partial charge is 0.331 e. The van der Waals surface area contributed by atoms with E-state index in [-0.39, 0.29) is 41.4 Å². The molecule has 35 heavy (non-hydrogen) atoms. The number of rotatable bonds is 2. The van der Waals surface area contributed by atoms with E-state index in [2.05, 4.69) is 50.4 Å². The normalized spacial score (nSPS) is 45.1. The molecule has 3 heterocycles. The number of fused-ring (bicyclic) bond motifs is 2. The van der Waals surface area contributed by atoms with Crippen molar-refractivity contribution in [1.29, 1.82) is 0 Å². The first-order valence-electron chi connectivity index (χ1n) is 13.0. The highest BCUT2D eigenvalue weighted by atomic mass is 16.6. The van der Waals surface area contributed by atoms with Gasteiger partial charge < -0.3 is 19.9 Å². The quantitative estimate of drug-likeness (QED) is 0.383. The molecule has 1 saturated carbocycles. The van der Waals surface area contributed by atoms with Crippen molar-refractivity contribution in [1.82, 2.24) is 5.32 Å². The zero-order valence-electron chi connectivity index (χ0n) is 20.9. The third kappa shape index (κ3) is 4.25. The molecular weight excluding hydrogens is 442 g/mol. The highest BCUT2D eigenvalue weighted by Gasteiger charge is 2.78. The highest BCUT2D eigenvalue weighted by molar-refractivity contribution is 5.94. The molecule has 1 aromatic rings. The fourth-order valence-corrected chi connectivity index (χ4v) is 6.70. The van der Waals surface area contributed by atoms with Crippen molar-refractivity contribution in [2.75, 3.05) is 0 Å².